The number of hydrogen-bond donors (Lipinski definition) is 0. The third kappa shape index (κ3) is 16.5. The molecule has 0 spiro atoms. The standard InChI is InChI=1S/4C10H5F3N3.2Pt/c4*11-10(12,13)9-15-5-7(6-16-9)8-3-1-2-4-14-8;;/h4*1-5H;;/q4*-1;2*+2. The van der Waals surface area contributed by atoms with Gasteiger partial charge in [-0.15, -0.1) is 0 Å². The van der Waals surface area contributed by atoms with Crippen LogP contribution in [0.5, 0.6) is 0 Å². The van der Waals surface area contributed by atoms with Crippen molar-refractivity contribution in [1.29, 1.82) is 0 Å². The zero-order chi connectivity index (χ0) is 46.4. The van der Waals surface area contributed by atoms with Crippen LogP contribution in [0.1, 0.15) is 23.3 Å². The molecule has 0 radical (unpaired) electrons. The first-order valence-corrected chi connectivity index (χ1v) is 17.2. The van der Waals surface area contributed by atoms with Crippen molar-refractivity contribution in [3.05, 3.63) is 170 Å². The summed E-state index contributed by atoms with van der Waals surface area (Å²) in [6, 6.07) is 20.2. The Morgan fingerprint density at radius 3 is 0.606 bits per heavy atom. The van der Waals surface area contributed by atoms with Gasteiger partial charge in [0.1, 0.15) is 23.3 Å². The van der Waals surface area contributed by atoms with Gasteiger partial charge >= 0.3 is 66.8 Å². The van der Waals surface area contributed by atoms with E-state index in [1.807, 2.05) is 0 Å². The largest absolute Gasteiger partial charge is 2.00 e. The zero-order valence-electron chi connectivity index (χ0n) is 32.1. The average molecular weight is 1290 g/mol. The summed E-state index contributed by atoms with van der Waals surface area (Å²) in [5.41, 5.74) is 3.24. The molecule has 0 aromatic carbocycles. The van der Waals surface area contributed by atoms with Crippen LogP contribution < -0.4 is 0 Å². The molecule has 8 aromatic heterocycles. The first kappa shape index (κ1) is 53.8. The first-order valence-electron chi connectivity index (χ1n) is 17.2. The number of aromatic nitrogens is 12. The van der Waals surface area contributed by atoms with Crippen LogP contribution in [0.25, 0.3) is 45.0 Å². The van der Waals surface area contributed by atoms with E-state index in [9.17, 15) is 52.7 Å². The van der Waals surface area contributed by atoms with Gasteiger partial charge in [0.05, 0.1) is 0 Å². The van der Waals surface area contributed by atoms with Crippen molar-refractivity contribution in [3.63, 3.8) is 0 Å². The Balaban J connectivity index is 0.000000231. The second kappa shape index (κ2) is 24.1. The van der Waals surface area contributed by atoms with Gasteiger partial charge in [-0.25, -0.2) is 0 Å². The summed E-state index contributed by atoms with van der Waals surface area (Å²) in [6.45, 7) is 0. The van der Waals surface area contributed by atoms with Crippen molar-refractivity contribution in [3.8, 4) is 45.0 Å². The average Bonchev–Trinajstić information content (AvgIpc) is 3.30. The Bertz CT molecular complexity index is 2240. The van der Waals surface area contributed by atoms with Crippen LogP contribution in [-0.2, 0) is 66.8 Å². The maximum absolute atomic E-state index is 12.2. The zero-order valence-corrected chi connectivity index (χ0v) is 36.6. The molecular formula is C40H20F12N12Pt2. The van der Waals surface area contributed by atoms with E-state index in [0.717, 1.165) is 24.8 Å². The predicted molar refractivity (Wildman–Crippen MR) is 196 cm³/mol. The summed E-state index contributed by atoms with van der Waals surface area (Å²) >= 11 is 0. The van der Waals surface area contributed by atoms with Crippen molar-refractivity contribution < 1.29 is 94.8 Å². The third-order valence-corrected chi connectivity index (χ3v) is 7.17. The smallest absolute Gasteiger partial charge is 0.331 e. The van der Waals surface area contributed by atoms with E-state index < -0.39 is 48.0 Å². The summed E-state index contributed by atoms with van der Waals surface area (Å²) in [6.07, 6.45) is 1.22. The monoisotopic (exact) mass is 1290 g/mol. The molecule has 0 unspecified atom stereocenters. The molecule has 0 amide bonds. The van der Waals surface area contributed by atoms with Gasteiger partial charge in [0.15, 0.2) is 0 Å². The fourth-order valence-electron chi connectivity index (χ4n) is 4.31. The van der Waals surface area contributed by atoms with Crippen LogP contribution in [0.15, 0.2) is 122 Å². The van der Waals surface area contributed by atoms with Crippen LogP contribution in [0.4, 0.5) is 52.7 Å². The quantitative estimate of drug-likeness (QED) is 0.122. The maximum atomic E-state index is 12.2. The van der Waals surface area contributed by atoms with Crippen molar-refractivity contribution >= 4 is 0 Å². The molecule has 26 heteroatoms. The molecule has 0 aliphatic rings. The second-order valence-corrected chi connectivity index (χ2v) is 11.7. The van der Waals surface area contributed by atoms with Crippen LogP contribution in [-0.4, -0.2) is 59.8 Å². The molecule has 8 heterocycles. The fraction of sp³-hybridized carbons (Fsp3) is 0.100. The Kier molecular flexibility index (Phi) is 19.7. The predicted octanol–water partition coefficient (Wildman–Crippen LogP) is 9.43. The molecule has 0 N–H and O–H groups in total. The number of rotatable bonds is 4. The van der Waals surface area contributed by atoms with Crippen LogP contribution in [0, 0.1) is 24.8 Å². The minimum Gasteiger partial charge on any atom is -0.331 e. The molecule has 0 saturated carbocycles. The molecule has 8 rings (SSSR count). The summed E-state index contributed by atoms with van der Waals surface area (Å²) in [5, 5.41) is 0. The van der Waals surface area contributed by atoms with Gasteiger partial charge in [0.2, 0.25) is 0 Å². The first-order chi connectivity index (χ1) is 30.3. The number of pyridine rings is 4. The molecule has 0 aliphatic carbocycles. The van der Waals surface area contributed by atoms with E-state index in [1.54, 1.807) is 72.8 Å². The van der Waals surface area contributed by atoms with E-state index in [2.05, 4.69) is 84.6 Å². The molecule has 0 saturated heterocycles. The molecular weight excluding hydrogens is 1270 g/mol. The van der Waals surface area contributed by atoms with Crippen LogP contribution >= 0.6 is 0 Å². The van der Waals surface area contributed by atoms with Gasteiger partial charge in [-0.2, -0.15) is 52.7 Å². The van der Waals surface area contributed by atoms with Crippen molar-refractivity contribution in [1.82, 2.24) is 59.8 Å². The molecule has 344 valence electrons. The number of alkyl halides is 12. The Labute approximate surface area is 393 Å². The van der Waals surface area contributed by atoms with E-state index in [4.69, 9.17) is 0 Å². The summed E-state index contributed by atoms with van der Waals surface area (Å²) < 4.78 is 146. The van der Waals surface area contributed by atoms with Crippen molar-refractivity contribution in [2.45, 2.75) is 24.7 Å². The van der Waals surface area contributed by atoms with Crippen molar-refractivity contribution in [2.75, 3.05) is 0 Å². The number of halogens is 12. The second-order valence-electron chi connectivity index (χ2n) is 11.7. The van der Waals surface area contributed by atoms with Gasteiger partial charge in [0, 0.05) is 24.8 Å². The summed E-state index contributed by atoms with van der Waals surface area (Å²) in [4.78, 5) is 41.2. The van der Waals surface area contributed by atoms with Gasteiger partial charge in [-0.1, -0.05) is 95.6 Å². The molecule has 8 aromatic rings. The minimum atomic E-state index is -4.54. The Morgan fingerprint density at radius 2 is 0.485 bits per heavy atom. The number of hydrogen-bond acceptors (Lipinski definition) is 12. The van der Waals surface area contributed by atoms with Crippen LogP contribution in [0.3, 0.4) is 0 Å². The SMILES string of the molecule is FC(F)(F)c1n[c-]c(-c2ccccn2)cn1.FC(F)(F)c1n[c-]c(-c2ccccn2)cn1.FC(F)(F)c1n[c-]c(-c2ccccn2)cn1.FC(F)(F)c1n[c-]c(-c2ccccn2)cn1.[Pt+2].[Pt+2]. The van der Waals surface area contributed by atoms with E-state index in [-0.39, 0.29) is 42.1 Å². The Hall–Kier alpha value is -6.54. The van der Waals surface area contributed by atoms with Crippen molar-refractivity contribution in [2.24, 2.45) is 0 Å². The molecule has 0 atom stereocenters. The molecule has 12 nitrogen and oxygen atoms in total. The minimum absolute atomic E-state index is 0. The topological polar surface area (TPSA) is 155 Å². The fourth-order valence-corrected chi connectivity index (χ4v) is 4.31. The normalized spacial score (nSPS) is 11.1. The Morgan fingerprint density at radius 1 is 0.288 bits per heavy atom. The molecule has 66 heavy (non-hydrogen) atoms. The van der Waals surface area contributed by atoms with Gasteiger partial charge in [0.25, 0.3) is 0 Å². The number of nitrogens with zero attached hydrogens (tertiary/aromatic N) is 12. The summed E-state index contributed by atoms with van der Waals surface area (Å²) in [5.74, 6) is -4.81. The van der Waals surface area contributed by atoms with E-state index >= 15 is 0 Å². The van der Waals surface area contributed by atoms with Gasteiger partial charge < -0.3 is 59.8 Å². The maximum Gasteiger partial charge on any atom is 2.00 e. The third-order valence-electron chi connectivity index (χ3n) is 7.17. The molecule has 0 fully saturated rings. The van der Waals surface area contributed by atoms with Crippen LogP contribution in [0.2, 0.25) is 0 Å². The van der Waals surface area contributed by atoms with E-state index in [1.165, 1.54) is 24.8 Å². The van der Waals surface area contributed by atoms with Gasteiger partial charge in [-0.05, 0) is 71.8 Å². The molecule has 0 bridgehead atoms. The summed E-state index contributed by atoms with van der Waals surface area (Å²) in [7, 11) is 0. The van der Waals surface area contributed by atoms with E-state index in [0.29, 0.717) is 45.0 Å². The van der Waals surface area contributed by atoms with Gasteiger partial charge in [-0.3, -0.25) is 0 Å². The molecule has 0 aliphatic heterocycles.